The van der Waals surface area contributed by atoms with Gasteiger partial charge in [0.25, 0.3) is 0 Å². The number of carbonyl (C=O) groups is 1. The van der Waals surface area contributed by atoms with Crippen molar-refractivity contribution in [3.63, 3.8) is 0 Å². The normalized spacial score (nSPS) is 13.9. The van der Waals surface area contributed by atoms with Crippen LogP contribution in [0.1, 0.15) is 17.4 Å². The number of thiophene rings is 1. The molecule has 0 spiro atoms. The van der Waals surface area contributed by atoms with Gasteiger partial charge in [-0.15, -0.1) is 21.5 Å². The quantitative estimate of drug-likeness (QED) is 0.533. The van der Waals surface area contributed by atoms with Crippen LogP contribution in [-0.2, 0) is 17.7 Å². The van der Waals surface area contributed by atoms with Crippen molar-refractivity contribution < 1.29 is 9.53 Å². The van der Waals surface area contributed by atoms with Crippen LogP contribution in [0.3, 0.4) is 0 Å². The smallest absolute Gasteiger partial charge is 0.410 e. The van der Waals surface area contributed by atoms with E-state index in [1.807, 2.05) is 41.7 Å². The van der Waals surface area contributed by atoms with Gasteiger partial charge < -0.3 is 9.64 Å². The Morgan fingerprint density at radius 3 is 2.93 bits per heavy atom. The molecule has 0 radical (unpaired) electrons. The first-order valence-corrected chi connectivity index (χ1v) is 9.69. The lowest BCUT2D eigenvalue weighted by atomic mass is 10.1. The summed E-state index contributed by atoms with van der Waals surface area (Å²) in [5.41, 5.74) is 3.05. The SMILES string of the molecule is CCOC(=O)N1CCc2c(sc3ncn4c(-c5ccccc5)nnc4c23)C1. The van der Waals surface area contributed by atoms with Crippen LogP contribution in [0.5, 0.6) is 0 Å². The van der Waals surface area contributed by atoms with E-state index in [9.17, 15) is 4.79 Å². The van der Waals surface area contributed by atoms with Gasteiger partial charge in [-0.1, -0.05) is 30.3 Å². The Balaban J connectivity index is 1.62. The molecular weight excluding hydrogens is 362 g/mol. The molecule has 0 saturated heterocycles. The van der Waals surface area contributed by atoms with Crippen LogP contribution in [0.25, 0.3) is 27.3 Å². The maximum Gasteiger partial charge on any atom is 0.410 e. The summed E-state index contributed by atoms with van der Waals surface area (Å²) in [4.78, 5) is 20.5. The minimum absolute atomic E-state index is 0.257. The van der Waals surface area contributed by atoms with Gasteiger partial charge in [0.1, 0.15) is 11.2 Å². The molecule has 0 atom stereocenters. The number of carbonyl (C=O) groups excluding carboxylic acids is 1. The first-order valence-electron chi connectivity index (χ1n) is 8.87. The van der Waals surface area contributed by atoms with Crippen molar-refractivity contribution in [1.82, 2.24) is 24.5 Å². The molecule has 5 rings (SSSR count). The van der Waals surface area contributed by atoms with Crippen molar-refractivity contribution in [2.24, 2.45) is 0 Å². The Morgan fingerprint density at radius 2 is 2.11 bits per heavy atom. The van der Waals surface area contributed by atoms with Crippen molar-refractivity contribution >= 4 is 33.3 Å². The van der Waals surface area contributed by atoms with Gasteiger partial charge in [-0.05, 0) is 18.9 Å². The summed E-state index contributed by atoms with van der Waals surface area (Å²) in [5.74, 6) is 0.781. The van der Waals surface area contributed by atoms with Crippen molar-refractivity contribution in [3.05, 3.63) is 47.1 Å². The highest BCUT2D eigenvalue weighted by atomic mass is 32.1. The van der Waals surface area contributed by atoms with Gasteiger partial charge >= 0.3 is 6.09 Å². The molecule has 0 aliphatic carbocycles. The van der Waals surface area contributed by atoms with Crippen LogP contribution in [0, 0.1) is 0 Å². The third-order valence-corrected chi connectivity index (χ3v) is 5.93. The Hall–Kier alpha value is -3.00. The van der Waals surface area contributed by atoms with Crippen LogP contribution in [0.2, 0.25) is 0 Å². The number of rotatable bonds is 2. The number of nitrogens with zero attached hydrogens (tertiary/aromatic N) is 5. The van der Waals surface area contributed by atoms with E-state index in [2.05, 4.69) is 15.2 Å². The van der Waals surface area contributed by atoms with Crippen LogP contribution in [-0.4, -0.2) is 43.7 Å². The third kappa shape index (κ3) is 2.56. The summed E-state index contributed by atoms with van der Waals surface area (Å²) in [6.07, 6.45) is 2.29. The molecule has 4 aromatic rings. The summed E-state index contributed by atoms with van der Waals surface area (Å²) >= 11 is 1.62. The molecule has 8 heteroatoms. The molecule has 136 valence electrons. The van der Waals surface area contributed by atoms with Crippen molar-refractivity contribution in [2.45, 2.75) is 19.9 Å². The summed E-state index contributed by atoms with van der Waals surface area (Å²) in [7, 11) is 0. The van der Waals surface area contributed by atoms with E-state index in [0.717, 1.165) is 38.5 Å². The maximum atomic E-state index is 12.1. The molecular formula is C19H17N5O2S. The molecule has 0 fully saturated rings. The fourth-order valence-corrected chi connectivity index (χ4v) is 4.74. The third-order valence-electron chi connectivity index (χ3n) is 4.81. The van der Waals surface area contributed by atoms with E-state index in [-0.39, 0.29) is 6.09 Å². The molecule has 1 aliphatic rings. The number of benzene rings is 1. The van der Waals surface area contributed by atoms with E-state index in [1.165, 1.54) is 5.56 Å². The van der Waals surface area contributed by atoms with E-state index in [4.69, 9.17) is 4.74 Å². The van der Waals surface area contributed by atoms with Crippen molar-refractivity contribution in [2.75, 3.05) is 13.2 Å². The molecule has 4 heterocycles. The lowest BCUT2D eigenvalue weighted by Crippen LogP contribution is -2.35. The fourth-order valence-electron chi connectivity index (χ4n) is 3.55. The molecule has 1 aliphatic heterocycles. The molecule has 0 unspecified atom stereocenters. The summed E-state index contributed by atoms with van der Waals surface area (Å²) in [6, 6.07) is 9.98. The minimum atomic E-state index is -0.257. The molecule has 0 bridgehead atoms. The second-order valence-electron chi connectivity index (χ2n) is 6.38. The van der Waals surface area contributed by atoms with Crippen molar-refractivity contribution in [1.29, 1.82) is 0 Å². The zero-order valence-corrected chi connectivity index (χ0v) is 15.6. The summed E-state index contributed by atoms with van der Waals surface area (Å²) < 4.78 is 7.09. The molecule has 1 amide bonds. The van der Waals surface area contributed by atoms with Gasteiger partial charge in [0, 0.05) is 17.0 Å². The number of hydrogen-bond donors (Lipinski definition) is 0. The van der Waals surface area contributed by atoms with Crippen LogP contribution in [0.15, 0.2) is 36.7 Å². The molecule has 3 aromatic heterocycles. The number of fused-ring (bicyclic) bond motifs is 5. The van der Waals surface area contributed by atoms with E-state index in [1.54, 1.807) is 22.6 Å². The Morgan fingerprint density at radius 1 is 1.26 bits per heavy atom. The average molecular weight is 379 g/mol. The van der Waals surface area contributed by atoms with Crippen LogP contribution >= 0.6 is 11.3 Å². The molecule has 7 nitrogen and oxygen atoms in total. The lowest BCUT2D eigenvalue weighted by Gasteiger charge is -2.25. The van der Waals surface area contributed by atoms with Gasteiger partial charge in [0.05, 0.1) is 18.5 Å². The zero-order chi connectivity index (χ0) is 18.4. The molecule has 27 heavy (non-hydrogen) atoms. The first kappa shape index (κ1) is 16.2. The average Bonchev–Trinajstić information content (AvgIpc) is 3.29. The van der Waals surface area contributed by atoms with Gasteiger partial charge in [0.15, 0.2) is 11.5 Å². The topological polar surface area (TPSA) is 72.6 Å². The first-order chi connectivity index (χ1) is 13.3. The maximum absolute atomic E-state index is 12.1. The van der Waals surface area contributed by atoms with Gasteiger partial charge in [-0.2, -0.15) is 0 Å². The highest BCUT2D eigenvalue weighted by Gasteiger charge is 2.27. The molecule has 0 N–H and O–H groups in total. The zero-order valence-electron chi connectivity index (χ0n) is 14.8. The predicted octanol–water partition coefficient (Wildman–Crippen LogP) is 3.52. The number of hydrogen-bond acceptors (Lipinski definition) is 6. The Kier molecular flexibility index (Phi) is 3.78. The molecule has 1 aromatic carbocycles. The van der Waals surface area contributed by atoms with Gasteiger partial charge in [-0.25, -0.2) is 9.78 Å². The van der Waals surface area contributed by atoms with E-state index in [0.29, 0.717) is 19.7 Å². The summed E-state index contributed by atoms with van der Waals surface area (Å²) in [5, 5.41) is 9.92. The minimum Gasteiger partial charge on any atom is -0.450 e. The van der Waals surface area contributed by atoms with Crippen molar-refractivity contribution in [3.8, 4) is 11.4 Å². The van der Waals surface area contributed by atoms with E-state index >= 15 is 0 Å². The van der Waals surface area contributed by atoms with Crippen LogP contribution < -0.4 is 0 Å². The largest absolute Gasteiger partial charge is 0.450 e. The van der Waals surface area contributed by atoms with Gasteiger partial charge in [-0.3, -0.25) is 4.40 Å². The standard InChI is InChI=1S/C19H17N5O2S/c1-2-26-19(25)23-9-8-13-14(10-23)27-18-15(13)17-22-21-16(24(17)11-20-18)12-6-4-3-5-7-12/h3-7,11H,2,8-10H2,1H3. The fraction of sp³-hybridized carbons (Fsp3) is 0.263. The molecule has 0 saturated carbocycles. The Bertz CT molecular complexity index is 1150. The monoisotopic (exact) mass is 379 g/mol. The second kappa shape index (κ2) is 6.31. The van der Waals surface area contributed by atoms with Gasteiger partial charge in [0.2, 0.25) is 0 Å². The number of aromatic nitrogens is 4. The number of amides is 1. The second-order valence-corrected chi connectivity index (χ2v) is 7.47. The summed E-state index contributed by atoms with van der Waals surface area (Å²) in [6.45, 7) is 3.40. The van der Waals surface area contributed by atoms with E-state index < -0.39 is 0 Å². The number of ether oxygens (including phenoxy) is 1. The predicted molar refractivity (Wildman–Crippen MR) is 103 cm³/mol. The van der Waals surface area contributed by atoms with Crippen LogP contribution in [0.4, 0.5) is 4.79 Å². The Labute approximate surface area is 159 Å². The lowest BCUT2D eigenvalue weighted by molar-refractivity contribution is 0.103. The highest BCUT2D eigenvalue weighted by molar-refractivity contribution is 7.19. The highest BCUT2D eigenvalue weighted by Crippen LogP contribution is 2.36.